The Morgan fingerprint density at radius 1 is 1.14 bits per heavy atom. The third-order valence-electron chi connectivity index (χ3n) is 5.18. The summed E-state index contributed by atoms with van der Waals surface area (Å²) in [5, 5.41) is 8.05. The average molecular weight is 397 g/mol. The van der Waals surface area contributed by atoms with Crippen molar-refractivity contribution in [3.8, 4) is 22.8 Å². The molecule has 0 radical (unpaired) electrons. The summed E-state index contributed by atoms with van der Waals surface area (Å²) in [5.74, 6) is 2.21. The van der Waals surface area contributed by atoms with Crippen molar-refractivity contribution in [2.24, 2.45) is 0 Å². The lowest BCUT2D eigenvalue weighted by Gasteiger charge is -2.21. The highest BCUT2D eigenvalue weighted by Crippen LogP contribution is 2.35. The molecule has 152 valence electrons. The molecule has 1 saturated heterocycles. The fourth-order valence-electron chi connectivity index (χ4n) is 3.61. The monoisotopic (exact) mass is 397 g/mol. The van der Waals surface area contributed by atoms with E-state index in [2.05, 4.69) is 10.3 Å². The molecule has 8 heteroatoms. The van der Waals surface area contributed by atoms with E-state index >= 15 is 0 Å². The molecule has 1 atom stereocenters. The molecule has 0 N–H and O–H groups in total. The number of aromatic nitrogens is 2. The van der Waals surface area contributed by atoms with E-state index in [4.69, 9.17) is 18.5 Å². The van der Waals surface area contributed by atoms with Crippen LogP contribution in [0.4, 0.5) is 0 Å². The van der Waals surface area contributed by atoms with Crippen molar-refractivity contribution in [1.29, 1.82) is 0 Å². The number of ether oxygens (including phenoxy) is 2. The minimum Gasteiger partial charge on any atom is -0.493 e. The third-order valence-corrected chi connectivity index (χ3v) is 5.18. The lowest BCUT2D eigenvalue weighted by molar-refractivity contribution is 0.0704. The van der Waals surface area contributed by atoms with Crippen molar-refractivity contribution in [3.63, 3.8) is 0 Å². The van der Waals surface area contributed by atoms with E-state index in [1.807, 2.05) is 19.1 Å². The zero-order valence-corrected chi connectivity index (χ0v) is 16.7. The van der Waals surface area contributed by atoms with Crippen LogP contribution in [0, 0.1) is 0 Å². The number of nitrogens with zero attached hydrogens (tertiary/aromatic N) is 3. The van der Waals surface area contributed by atoms with Crippen LogP contribution in [-0.4, -0.2) is 41.9 Å². The molecule has 3 aromatic rings. The van der Waals surface area contributed by atoms with Crippen LogP contribution >= 0.6 is 0 Å². The summed E-state index contributed by atoms with van der Waals surface area (Å²) in [4.78, 5) is 14.8. The Morgan fingerprint density at radius 2 is 1.97 bits per heavy atom. The van der Waals surface area contributed by atoms with Gasteiger partial charge in [-0.05, 0) is 37.5 Å². The molecule has 1 fully saturated rings. The van der Waals surface area contributed by atoms with E-state index in [1.165, 1.54) is 0 Å². The summed E-state index contributed by atoms with van der Waals surface area (Å²) in [6, 6.07) is 8.84. The van der Waals surface area contributed by atoms with Crippen LogP contribution in [0.5, 0.6) is 11.5 Å². The van der Waals surface area contributed by atoms with Crippen molar-refractivity contribution in [3.05, 3.63) is 47.5 Å². The van der Waals surface area contributed by atoms with Crippen molar-refractivity contribution in [2.75, 3.05) is 20.8 Å². The molecule has 8 nitrogen and oxygen atoms in total. The number of hydrogen-bond acceptors (Lipinski definition) is 7. The van der Waals surface area contributed by atoms with Gasteiger partial charge in [0.25, 0.3) is 5.91 Å². The molecule has 29 heavy (non-hydrogen) atoms. The first-order valence-electron chi connectivity index (χ1n) is 9.60. The summed E-state index contributed by atoms with van der Waals surface area (Å²) < 4.78 is 21.5. The van der Waals surface area contributed by atoms with Crippen LogP contribution in [0.15, 0.2) is 39.4 Å². The van der Waals surface area contributed by atoms with Crippen molar-refractivity contribution >= 4 is 5.91 Å². The number of carbonyl (C=O) groups excluding carboxylic acids is 1. The van der Waals surface area contributed by atoms with E-state index in [1.54, 1.807) is 37.3 Å². The van der Waals surface area contributed by atoms with Gasteiger partial charge in [0.2, 0.25) is 0 Å². The Hall–Kier alpha value is -3.29. The van der Waals surface area contributed by atoms with Gasteiger partial charge >= 0.3 is 0 Å². The van der Waals surface area contributed by atoms with Gasteiger partial charge < -0.3 is 23.4 Å². The number of benzene rings is 1. The maximum atomic E-state index is 13.1. The summed E-state index contributed by atoms with van der Waals surface area (Å²) in [6.07, 6.45) is 2.53. The van der Waals surface area contributed by atoms with Gasteiger partial charge in [-0.1, -0.05) is 17.2 Å². The fourth-order valence-corrected chi connectivity index (χ4v) is 3.61. The molecule has 0 aliphatic carbocycles. The number of carbonyl (C=O) groups is 1. The van der Waals surface area contributed by atoms with Gasteiger partial charge in [-0.3, -0.25) is 4.79 Å². The molecule has 1 amide bonds. The summed E-state index contributed by atoms with van der Waals surface area (Å²) >= 11 is 0. The van der Waals surface area contributed by atoms with Gasteiger partial charge in [0.15, 0.2) is 28.7 Å². The summed E-state index contributed by atoms with van der Waals surface area (Å²) in [7, 11) is 3.14. The van der Waals surface area contributed by atoms with Gasteiger partial charge in [-0.2, -0.15) is 0 Å². The molecular weight excluding hydrogens is 374 g/mol. The fraction of sp³-hybridized carbons (Fsp3) is 0.381. The van der Waals surface area contributed by atoms with Crippen molar-refractivity contribution in [2.45, 2.75) is 32.2 Å². The van der Waals surface area contributed by atoms with Gasteiger partial charge in [-0.25, -0.2) is 0 Å². The minimum absolute atomic E-state index is 0.128. The molecule has 1 aliphatic rings. The topological polar surface area (TPSA) is 90.8 Å². The van der Waals surface area contributed by atoms with Crippen LogP contribution in [0.2, 0.25) is 0 Å². The molecule has 1 aliphatic heterocycles. The van der Waals surface area contributed by atoms with Crippen LogP contribution in [0.3, 0.4) is 0 Å². The lowest BCUT2D eigenvalue weighted by atomic mass is 10.1. The quantitative estimate of drug-likeness (QED) is 0.623. The second-order valence-electron chi connectivity index (χ2n) is 6.88. The molecular formula is C21H23N3O5. The van der Waals surface area contributed by atoms with E-state index in [-0.39, 0.29) is 17.6 Å². The van der Waals surface area contributed by atoms with E-state index in [0.29, 0.717) is 23.8 Å². The SMILES string of the molecule is CCc1cc([C@H]2CCCN2C(=O)c2cc(-c3ccc(OC)c(OC)c3)on2)on1. The lowest BCUT2D eigenvalue weighted by Crippen LogP contribution is -2.30. The third kappa shape index (κ3) is 3.57. The first kappa shape index (κ1) is 19.0. The van der Waals surface area contributed by atoms with E-state index in [9.17, 15) is 4.79 Å². The number of methoxy groups -OCH3 is 2. The van der Waals surface area contributed by atoms with Gasteiger partial charge in [-0.15, -0.1) is 0 Å². The van der Waals surface area contributed by atoms with Crippen LogP contribution in [0.25, 0.3) is 11.3 Å². The predicted octanol–water partition coefficient (Wildman–Crippen LogP) is 3.89. The number of amides is 1. The highest BCUT2D eigenvalue weighted by Gasteiger charge is 2.34. The van der Waals surface area contributed by atoms with E-state index < -0.39 is 0 Å². The van der Waals surface area contributed by atoms with E-state index in [0.717, 1.165) is 36.3 Å². The second kappa shape index (κ2) is 7.98. The zero-order chi connectivity index (χ0) is 20.4. The Bertz CT molecular complexity index is 1010. The largest absolute Gasteiger partial charge is 0.493 e. The van der Waals surface area contributed by atoms with Crippen molar-refractivity contribution in [1.82, 2.24) is 15.2 Å². The average Bonchev–Trinajstić information content (AvgIpc) is 3.52. The number of aryl methyl sites for hydroxylation is 1. The normalized spacial score (nSPS) is 16.2. The molecule has 4 rings (SSSR count). The van der Waals surface area contributed by atoms with Crippen LogP contribution in [-0.2, 0) is 6.42 Å². The maximum Gasteiger partial charge on any atom is 0.276 e. The number of likely N-dealkylation sites (tertiary alicyclic amines) is 1. The maximum absolute atomic E-state index is 13.1. The first-order valence-corrected chi connectivity index (χ1v) is 9.60. The summed E-state index contributed by atoms with van der Waals surface area (Å²) in [6.45, 7) is 2.66. The molecule has 0 spiro atoms. The second-order valence-corrected chi connectivity index (χ2v) is 6.88. The molecule has 3 heterocycles. The molecule has 1 aromatic carbocycles. The Labute approximate surface area is 168 Å². The summed E-state index contributed by atoms with van der Waals surface area (Å²) in [5.41, 5.74) is 1.89. The van der Waals surface area contributed by atoms with Crippen LogP contribution in [0.1, 0.15) is 47.7 Å². The highest BCUT2D eigenvalue weighted by molar-refractivity contribution is 5.93. The smallest absolute Gasteiger partial charge is 0.276 e. The van der Waals surface area contributed by atoms with Gasteiger partial charge in [0, 0.05) is 24.2 Å². The first-order chi connectivity index (χ1) is 14.1. The molecule has 0 saturated carbocycles. The van der Waals surface area contributed by atoms with Crippen molar-refractivity contribution < 1.29 is 23.3 Å². The van der Waals surface area contributed by atoms with Crippen LogP contribution < -0.4 is 9.47 Å². The zero-order valence-electron chi connectivity index (χ0n) is 16.7. The highest BCUT2D eigenvalue weighted by atomic mass is 16.5. The predicted molar refractivity (Wildman–Crippen MR) is 104 cm³/mol. The standard InChI is InChI=1S/C21H23N3O5/c1-4-14-11-19(29-22-14)16-6-5-9-24(16)21(25)15-12-18(28-23-15)13-7-8-17(26-2)20(10-13)27-3/h7-8,10-12,16H,4-6,9H2,1-3H3/t16-/m1/s1. The Balaban J connectivity index is 1.56. The number of rotatable bonds is 6. The molecule has 2 aromatic heterocycles. The Morgan fingerprint density at radius 3 is 2.69 bits per heavy atom. The number of hydrogen-bond donors (Lipinski definition) is 0. The minimum atomic E-state index is -0.183. The molecule has 0 unspecified atom stereocenters. The Kier molecular flexibility index (Phi) is 5.24. The van der Waals surface area contributed by atoms with Gasteiger partial charge in [0.05, 0.1) is 26.0 Å². The van der Waals surface area contributed by atoms with Gasteiger partial charge in [0.1, 0.15) is 0 Å². The molecule has 0 bridgehead atoms.